The van der Waals surface area contributed by atoms with Crippen LogP contribution in [0.5, 0.6) is 0 Å². The fourth-order valence-corrected chi connectivity index (χ4v) is 1.76. The van der Waals surface area contributed by atoms with Crippen molar-refractivity contribution in [1.82, 2.24) is 0 Å². The SMILES string of the molecule is Cc1cc2c(C(=O)S)ccc(C)c2o1. The highest BCUT2D eigenvalue weighted by Crippen LogP contribution is 2.26. The molecule has 0 fully saturated rings. The molecule has 2 nitrogen and oxygen atoms in total. The van der Waals surface area contributed by atoms with Gasteiger partial charge in [0.2, 0.25) is 5.12 Å². The number of hydrogen-bond acceptors (Lipinski definition) is 2. The number of furan rings is 1. The second-order valence-corrected chi connectivity index (χ2v) is 3.74. The molecule has 14 heavy (non-hydrogen) atoms. The average Bonchev–Trinajstić information content (AvgIpc) is 2.47. The number of thiol groups is 1. The molecule has 0 atom stereocenters. The second-order valence-electron chi connectivity index (χ2n) is 3.34. The number of rotatable bonds is 1. The highest BCUT2D eigenvalue weighted by Gasteiger charge is 2.11. The Labute approximate surface area is 87.3 Å². The number of fused-ring (bicyclic) bond motifs is 1. The molecule has 1 heterocycles. The molecule has 3 heteroatoms. The van der Waals surface area contributed by atoms with E-state index in [1.165, 1.54) is 0 Å². The molecule has 2 rings (SSSR count). The molecule has 1 aromatic heterocycles. The minimum absolute atomic E-state index is 0.226. The maximum Gasteiger partial charge on any atom is 0.217 e. The molecule has 0 saturated carbocycles. The number of carbonyl (C=O) groups excluding carboxylic acids is 1. The topological polar surface area (TPSA) is 30.2 Å². The number of hydrogen-bond donors (Lipinski definition) is 1. The van der Waals surface area contributed by atoms with Crippen LogP contribution in [0.1, 0.15) is 21.7 Å². The van der Waals surface area contributed by atoms with Crippen LogP contribution in [0.4, 0.5) is 0 Å². The van der Waals surface area contributed by atoms with E-state index < -0.39 is 0 Å². The Balaban J connectivity index is 2.87. The van der Waals surface area contributed by atoms with Gasteiger partial charge in [-0.1, -0.05) is 6.07 Å². The minimum Gasteiger partial charge on any atom is -0.461 e. The van der Waals surface area contributed by atoms with Crippen LogP contribution in [0.25, 0.3) is 11.0 Å². The van der Waals surface area contributed by atoms with E-state index in [9.17, 15) is 4.79 Å². The molecular formula is C11H10O2S. The molecule has 0 aliphatic rings. The Hall–Kier alpha value is -1.22. The predicted octanol–water partition coefficient (Wildman–Crippen LogP) is 3.12. The van der Waals surface area contributed by atoms with Gasteiger partial charge in [-0.05, 0) is 31.5 Å². The van der Waals surface area contributed by atoms with Crippen molar-refractivity contribution in [2.24, 2.45) is 0 Å². The summed E-state index contributed by atoms with van der Waals surface area (Å²) in [5.74, 6) is 0.810. The third-order valence-electron chi connectivity index (χ3n) is 2.23. The number of benzene rings is 1. The largest absolute Gasteiger partial charge is 0.461 e. The molecule has 0 aliphatic carbocycles. The molecule has 0 N–H and O–H groups in total. The lowest BCUT2D eigenvalue weighted by Gasteiger charge is -1.98. The second kappa shape index (κ2) is 3.17. The first-order chi connectivity index (χ1) is 6.59. The van der Waals surface area contributed by atoms with Crippen molar-refractivity contribution in [2.75, 3.05) is 0 Å². The van der Waals surface area contributed by atoms with Gasteiger partial charge in [-0.2, -0.15) is 0 Å². The Bertz CT molecular complexity index is 511. The number of carbonyl (C=O) groups is 1. The van der Waals surface area contributed by atoms with E-state index >= 15 is 0 Å². The van der Waals surface area contributed by atoms with Crippen molar-refractivity contribution in [1.29, 1.82) is 0 Å². The minimum atomic E-state index is -0.226. The number of aryl methyl sites for hydroxylation is 2. The lowest BCUT2D eigenvalue weighted by Crippen LogP contribution is -1.89. The van der Waals surface area contributed by atoms with E-state index in [4.69, 9.17) is 4.42 Å². The molecule has 0 spiro atoms. The van der Waals surface area contributed by atoms with Gasteiger partial charge in [0.15, 0.2) is 0 Å². The van der Waals surface area contributed by atoms with Crippen LogP contribution in [0.2, 0.25) is 0 Å². The summed E-state index contributed by atoms with van der Waals surface area (Å²) in [6, 6.07) is 5.52. The van der Waals surface area contributed by atoms with Crippen molar-refractivity contribution in [2.45, 2.75) is 13.8 Å². The Morgan fingerprint density at radius 3 is 2.71 bits per heavy atom. The van der Waals surface area contributed by atoms with E-state index in [-0.39, 0.29) is 5.12 Å². The van der Waals surface area contributed by atoms with Gasteiger partial charge >= 0.3 is 0 Å². The van der Waals surface area contributed by atoms with Gasteiger partial charge in [0.25, 0.3) is 0 Å². The molecule has 72 valence electrons. The van der Waals surface area contributed by atoms with Gasteiger partial charge in [0, 0.05) is 10.9 Å². The molecule has 0 amide bonds. The first-order valence-electron chi connectivity index (χ1n) is 4.32. The molecular weight excluding hydrogens is 196 g/mol. The highest BCUT2D eigenvalue weighted by atomic mass is 32.1. The van der Waals surface area contributed by atoms with Crippen molar-refractivity contribution in [3.8, 4) is 0 Å². The van der Waals surface area contributed by atoms with E-state index in [0.29, 0.717) is 5.56 Å². The zero-order chi connectivity index (χ0) is 10.3. The smallest absolute Gasteiger partial charge is 0.217 e. The third kappa shape index (κ3) is 1.34. The first kappa shape index (κ1) is 9.34. The maximum atomic E-state index is 11.2. The van der Waals surface area contributed by atoms with Crippen molar-refractivity contribution < 1.29 is 9.21 Å². The molecule has 0 saturated heterocycles. The Kier molecular flexibility index (Phi) is 2.11. The van der Waals surface area contributed by atoms with Gasteiger partial charge < -0.3 is 4.42 Å². The molecule has 0 bridgehead atoms. The lowest BCUT2D eigenvalue weighted by atomic mass is 10.1. The molecule has 2 aromatic rings. The van der Waals surface area contributed by atoms with Crippen molar-refractivity contribution in [3.63, 3.8) is 0 Å². The van der Waals surface area contributed by atoms with Crippen LogP contribution in [-0.2, 0) is 0 Å². The summed E-state index contributed by atoms with van der Waals surface area (Å²) in [5, 5.41) is 0.623. The van der Waals surface area contributed by atoms with Crippen LogP contribution >= 0.6 is 12.6 Å². The zero-order valence-electron chi connectivity index (χ0n) is 8.00. The van der Waals surface area contributed by atoms with Crippen LogP contribution < -0.4 is 0 Å². The van der Waals surface area contributed by atoms with E-state index in [1.54, 1.807) is 6.07 Å². The van der Waals surface area contributed by atoms with Gasteiger partial charge in [0.1, 0.15) is 11.3 Å². The quantitative estimate of drug-likeness (QED) is 0.726. The van der Waals surface area contributed by atoms with E-state index in [0.717, 1.165) is 22.3 Å². The summed E-state index contributed by atoms with van der Waals surface area (Å²) >= 11 is 3.83. The Morgan fingerprint density at radius 2 is 2.07 bits per heavy atom. The van der Waals surface area contributed by atoms with Crippen molar-refractivity contribution >= 4 is 28.7 Å². The molecule has 0 unspecified atom stereocenters. The van der Waals surface area contributed by atoms with Crippen LogP contribution in [-0.4, -0.2) is 5.12 Å². The summed E-state index contributed by atoms with van der Waals surface area (Å²) in [4.78, 5) is 11.2. The van der Waals surface area contributed by atoms with Crippen molar-refractivity contribution in [3.05, 3.63) is 35.1 Å². The fraction of sp³-hybridized carbons (Fsp3) is 0.182. The standard InChI is InChI=1S/C11H10O2S/c1-6-3-4-8(11(12)14)9-5-7(2)13-10(6)9/h3-5H,1-2H3,(H,12,14). The van der Waals surface area contributed by atoms with E-state index in [1.807, 2.05) is 26.0 Å². The summed E-state index contributed by atoms with van der Waals surface area (Å²) in [6.07, 6.45) is 0. The van der Waals surface area contributed by atoms with Crippen LogP contribution in [0, 0.1) is 13.8 Å². The van der Waals surface area contributed by atoms with Crippen LogP contribution in [0.15, 0.2) is 22.6 Å². The average molecular weight is 206 g/mol. The first-order valence-corrected chi connectivity index (χ1v) is 4.77. The van der Waals surface area contributed by atoms with Gasteiger partial charge in [-0.15, -0.1) is 12.6 Å². The summed E-state index contributed by atoms with van der Waals surface area (Å²) in [6.45, 7) is 3.82. The molecule has 1 aromatic carbocycles. The van der Waals surface area contributed by atoms with Gasteiger partial charge in [-0.25, -0.2) is 0 Å². The molecule has 0 radical (unpaired) electrons. The van der Waals surface area contributed by atoms with E-state index in [2.05, 4.69) is 12.6 Å². The highest BCUT2D eigenvalue weighted by molar-refractivity contribution is 7.97. The predicted molar refractivity (Wildman–Crippen MR) is 59.0 cm³/mol. The van der Waals surface area contributed by atoms with Gasteiger partial charge in [0.05, 0.1) is 0 Å². The lowest BCUT2D eigenvalue weighted by molar-refractivity contribution is 0.109. The normalized spacial score (nSPS) is 10.8. The van der Waals surface area contributed by atoms with Crippen LogP contribution in [0.3, 0.4) is 0 Å². The summed E-state index contributed by atoms with van der Waals surface area (Å²) in [5.41, 5.74) is 2.42. The monoisotopic (exact) mass is 206 g/mol. The maximum absolute atomic E-state index is 11.2. The third-order valence-corrected chi connectivity index (χ3v) is 2.47. The summed E-state index contributed by atoms with van der Waals surface area (Å²) in [7, 11) is 0. The fourth-order valence-electron chi connectivity index (χ4n) is 1.57. The summed E-state index contributed by atoms with van der Waals surface area (Å²) < 4.78 is 5.50. The zero-order valence-corrected chi connectivity index (χ0v) is 8.89. The Morgan fingerprint density at radius 1 is 1.36 bits per heavy atom. The molecule has 0 aliphatic heterocycles. The van der Waals surface area contributed by atoms with Gasteiger partial charge in [-0.3, -0.25) is 4.79 Å².